The fraction of sp³-hybridized carbons (Fsp3) is 0.273. The zero-order chi connectivity index (χ0) is 21.9. The molecule has 0 saturated heterocycles. The van der Waals surface area contributed by atoms with Crippen molar-refractivity contribution in [1.82, 2.24) is 10.3 Å². The maximum absolute atomic E-state index is 13.4. The Morgan fingerprint density at radius 1 is 1.13 bits per heavy atom. The van der Waals surface area contributed by atoms with E-state index >= 15 is 0 Å². The molecular weight excluding hydrogens is 416 g/mol. The van der Waals surface area contributed by atoms with Gasteiger partial charge in [0, 0.05) is 11.9 Å². The van der Waals surface area contributed by atoms with Gasteiger partial charge in [-0.25, -0.2) is 9.37 Å². The minimum absolute atomic E-state index is 0.126. The van der Waals surface area contributed by atoms with Gasteiger partial charge >= 0.3 is 6.18 Å². The molecule has 2 aromatic carbocycles. The Kier molecular flexibility index (Phi) is 6.65. The van der Waals surface area contributed by atoms with Crippen LogP contribution in [0.5, 0.6) is 0 Å². The lowest BCUT2D eigenvalue weighted by Gasteiger charge is -2.17. The number of hydrogen-bond donors (Lipinski definition) is 1. The van der Waals surface area contributed by atoms with Crippen LogP contribution in [0, 0.1) is 5.82 Å². The molecule has 0 fully saturated rings. The van der Waals surface area contributed by atoms with Gasteiger partial charge in [0.15, 0.2) is 0 Å². The van der Waals surface area contributed by atoms with Gasteiger partial charge in [0.05, 0.1) is 16.6 Å². The van der Waals surface area contributed by atoms with Crippen molar-refractivity contribution in [2.45, 2.75) is 38.0 Å². The molecule has 1 amide bonds. The number of aromatic nitrogens is 1. The highest BCUT2D eigenvalue weighted by molar-refractivity contribution is 7.99. The molecule has 158 valence electrons. The van der Waals surface area contributed by atoms with Crippen LogP contribution in [0.4, 0.5) is 17.6 Å². The number of nitrogens with zero attached hydrogens (tertiary/aromatic N) is 1. The van der Waals surface area contributed by atoms with Crippen LogP contribution >= 0.6 is 11.8 Å². The quantitative estimate of drug-likeness (QED) is 0.381. The van der Waals surface area contributed by atoms with Gasteiger partial charge in [-0.2, -0.15) is 13.2 Å². The van der Waals surface area contributed by atoms with Crippen LogP contribution in [0.2, 0.25) is 0 Å². The Hall–Kier alpha value is -2.61. The predicted molar refractivity (Wildman–Crippen MR) is 110 cm³/mol. The van der Waals surface area contributed by atoms with Crippen molar-refractivity contribution in [2.24, 2.45) is 0 Å². The first-order chi connectivity index (χ1) is 14.2. The molecular formula is C22H20F4N2OS. The normalized spacial score (nSPS) is 11.7. The Balaban J connectivity index is 2.05. The molecule has 0 unspecified atom stereocenters. The maximum atomic E-state index is 13.4. The molecule has 0 radical (unpaired) electrons. The number of thioether (sulfide) groups is 1. The number of carbonyl (C=O) groups is 1. The van der Waals surface area contributed by atoms with Gasteiger partial charge in [-0.05, 0) is 47.6 Å². The SMILES string of the molecule is CCSc1nc2cc(C(F)(F)F)ccc2c(CC)c1C(=O)NCc1cccc(F)c1. The molecule has 3 rings (SSSR count). The van der Waals surface area contributed by atoms with Crippen LogP contribution in [0.25, 0.3) is 10.9 Å². The molecule has 0 aliphatic heterocycles. The number of pyridine rings is 1. The topological polar surface area (TPSA) is 42.0 Å². The van der Waals surface area contributed by atoms with Crippen molar-refractivity contribution >= 4 is 28.6 Å². The molecule has 30 heavy (non-hydrogen) atoms. The number of alkyl halides is 3. The Morgan fingerprint density at radius 2 is 1.90 bits per heavy atom. The van der Waals surface area contributed by atoms with Gasteiger partial charge in [-0.15, -0.1) is 11.8 Å². The third kappa shape index (κ3) is 4.75. The van der Waals surface area contributed by atoms with Gasteiger partial charge in [-0.1, -0.05) is 32.0 Å². The monoisotopic (exact) mass is 436 g/mol. The minimum Gasteiger partial charge on any atom is -0.348 e. The summed E-state index contributed by atoms with van der Waals surface area (Å²) in [5.74, 6) is -0.183. The molecule has 3 aromatic rings. The highest BCUT2D eigenvalue weighted by Gasteiger charge is 2.31. The number of rotatable bonds is 6. The summed E-state index contributed by atoms with van der Waals surface area (Å²) in [6.07, 6.45) is -4.02. The van der Waals surface area contributed by atoms with Crippen LogP contribution in [0.15, 0.2) is 47.5 Å². The second-order valence-corrected chi connectivity index (χ2v) is 7.85. The molecule has 0 aliphatic carbocycles. The van der Waals surface area contributed by atoms with Crippen LogP contribution in [-0.2, 0) is 19.1 Å². The van der Waals surface area contributed by atoms with E-state index in [1.165, 1.54) is 30.0 Å². The maximum Gasteiger partial charge on any atom is 0.416 e. The van der Waals surface area contributed by atoms with Crippen molar-refractivity contribution in [3.63, 3.8) is 0 Å². The van der Waals surface area contributed by atoms with Crippen LogP contribution in [-0.4, -0.2) is 16.6 Å². The largest absolute Gasteiger partial charge is 0.416 e. The zero-order valence-electron chi connectivity index (χ0n) is 16.4. The summed E-state index contributed by atoms with van der Waals surface area (Å²) < 4.78 is 52.7. The molecule has 0 spiro atoms. The Morgan fingerprint density at radius 3 is 2.53 bits per heavy atom. The number of nitrogens with one attached hydrogen (secondary N) is 1. The first-order valence-electron chi connectivity index (χ1n) is 9.43. The van der Waals surface area contributed by atoms with E-state index in [0.29, 0.717) is 39.3 Å². The highest BCUT2D eigenvalue weighted by atomic mass is 32.2. The van der Waals surface area contributed by atoms with Crippen molar-refractivity contribution in [3.8, 4) is 0 Å². The number of amides is 1. The standard InChI is InChI=1S/C22H20F4N2OS/c1-3-16-17-9-8-14(22(24,25)26)11-18(17)28-21(30-4-2)19(16)20(29)27-12-13-6-5-7-15(23)10-13/h5-11H,3-4,12H2,1-2H3,(H,27,29). The molecule has 0 saturated carbocycles. The molecule has 1 heterocycles. The highest BCUT2D eigenvalue weighted by Crippen LogP contribution is 2.35. The van der Waals surface area contributed by atoms with E-state index in [2.05, 4.69) is 10.3 Å². The van der Waals surface area contributed by atoms with E-state index in [9.17, 15) is 22.4 Å². The molecule has 8 heteroatoms. The number of halogens is 4. The lowest BCUT2D eigenvalue weighted by atomic mass is 9.99. The van der Waals surface area contributed by atoms with Crippen molar-refractivity contribution in [2.75, 3.05) is 5.75 Å². The summed E-state index contributed by atoms with van der Waals surface area (Å²) in [7, 11) is 0. The Bertz CT molecular complexity index is 1080. The second-order valence-electron chi connectivity index (χ2n) is 6.60. The number of aryl methyl sites for hydroxylation is 1. The number of fused-ring (bicyclic) bond motifs is 1. The molecule has 1 N–H and O–H groups in total. The van der Waals surface area contributed by atoms with Crippen LogP contribution < -0.4 is 5.32 Å². The third-order valence-electron chi connectivity index (χ3n) is 4.59. The van der Waals surface area contributed by atoms with Gasteiger partial charge in [0.25, 0.3) is 5.91 Å². The summed E-state index contributed by atoms with van der Waals surface area (Å²) in [5.41, 5.74) is 1.03. The van der Waals surface area contributed by atoms with E-state index in [-0.39, 0.29) is 18.0 Å². The minimum atomic E-state index is -4.47. The van der Waals surface area contributed by atoms with E-state index < -0.39 is 17.6 Å². The summed E-state index contributed by atoms with van der Waals surface area (Å²) in [4.78, 5) is 17.4. The van der Waals surface area contributed by atoms with Gasteiger partial charge in [0.2, 0.25) is 0 Å². The summed E-state index contributed by atoms with van der Waals surface area (Å²) in [5, 5.41) is 3.68. The van der Waals surface area contributed by atoms with E-state index in [1.54, 1.807) is 12.1 Å². The van der Waals surface area contributed by atoms with Crippen molar-refractivity contribution in [3.05, 3.63) is 70.5 Å². The van der Waals surface area contributed by atoms with Gasteiger partial charge < -0.3 is 5.32 Å². The van der Waals surface area contributed by atoms with Gasteiger partial charge in [0.1, 0.15) is 10.8 Å². The first kappa shape index (κ1) is 22.1. The van der Waals surface area contributed by atoms with Gasteiger partial charge in [-0.3, -0.25) is 4.79 Å². The van der Waals surface area contributed by atoms with Crippen LogP contribution in [0.1, 0.15) is 40.9 Å². The average molecular weight is 436 g/mol. The number of carbonyl (C=O) groups excluding carboxylic acids is 1. The molecule has 3 nitrogen and oxygen atoms in total. The summed E-state index contributed by atoms with van der Waals surface area (Å²) in [6.45, 7) is 3.85. The Labute approximate surface area is 175 Å². The van der Waals surface area contributed by atoms with Crippen LogP contribution in [0.3, 0.4) is 0 Å². The molecule has 0 atom stereocenters. The predicted octanol–water partition coefficient (Wildman–Crippen LogP) is 6.00. The molecule has 0 aliphatic rings. The summed E-state index contributed by atoms with van der Waals surface area (Å²) >= 11 is 1.30. The lowest BCUT2D eigenvalue weighted by molar-refractivity contribution is -0.137. The first-order valence-corrected chi connectivity index (χ1v) is 10.4. The second kappa shape index (κ2) is 9.04. The third-order valence-corrected chi connectivity index (χ3v) is 5.45. The van der Waals surface area contributed by atoms with E-state index in [1.807, 2.05) is 13.8 Å². The average Bonchev–Trinajstić information content (AvgIpc) is 2.70. The fourth-order valence-corrected chi connectivity index (χ4v) is 4.04. The number of benzene rings is 2. The molecule has 0 bridgehead atoms. The fourth-order valence-electron chi connectivity index (χ4n) is 3.24. The number of hydrogen-bond acceptors (Lipinski definition) is 3. The lowest BCUT2D eigenvalue weighted by Crippen LogP contribution is -2.25. The van der Waals surface area contributed by atoms with Crippen molar-refractivity contribution < 1.29 is 22.4 Å². The van der Waals surface area contributed by atoms with E-state index in [4.69, 9.17) is 0 Å². The zero-order valence-corrected chi connectivity index (χ0v) is 17.3. The smallest absolute Gasteiger partial charge is 0.348 e. The summed E-state index contributed by atoms with van der Waals surface area (Å²) in [6, 6.07) is 9.30. The molecule has 1 aromatic heterocycles. The van der Waals surface area contributed by atoms with Crippen molar-refractivity contribution in [1.29, 1.82) is 0 Å². The van der Waals surface area contributed by atoms with E-state index in [0.717, 1.165) is 12.1 Å².